The van der Waals surface area contributed by atoms with Crippen LogP contribution in [-0.4, -0.2) is 30.9 Å². The maximum Gasteiger partial charge on any atom is 0.278 e. The predicted octanol–water partition coefficient (Wildman–Crippen LogP) is 4.06. The molecule has 0 radical (unpaired) electrons. The molecule has 4 heterocycles. The SMILES string of the molecule is CC(C)(C)c1ncc(-n2c3nc(Nc4ccc5c(c4)CCNC5)ncc3c(=O)n2C2CC2)s1. The summed E-state index contributed by atoms with van der Waals surface area (Å²) in [6.07, 6.45) is 6.52. The molecule has 6 rings (SSSR count). The first-order valence-electron chi connectivity index (χ1n) is 11.4. The molecule has 170 valence electrons. The third-order valence-electron chi connectivity index (χ3n) is 6.21. The summed E-state index contributed by atoms with van der Waals surface area (Å²) >= 11 is 1.61. The molecule has 0 amide bonds. The Morgan fingerprint density at radius 1 is 1.15 bits per heavy atom. The van der Waals surface area contributed by atoms with Crippen LogP contribution in [0.4, 0.5) is 11.6 Å². The van der Waals surface area contributed by atoms with E-state index in [4.69, 9.17) is 4.98 Å². The Labute approximate surface area is 195 Å². The molecule has 1 aromatic carbocycles. The van der Waals surface area contributed by atoms with Gasteiger partial charge < -0.3 is 10.6 Å². The molecule has 2 aliphatic rings. The molecule has 1 aliphatic heterocycles. The summed E-state index contributed by atoms with van der Waals surface area (Å²) in [5.41, 5.74) is 4.16. The molecule has 2 N–H and O–H groups in total. The van der Waals surface area contributed by atoms with Crippen LogP contribution in [0.5, 0.6) is 0 Å². The summed E-state index contributed by atoms with van der Waals surface area (Å²) in [5.74, 6) is 0.485. The minimum Gasteiger partial charge on any atom is -0.324 e. The maximum atomic E-state index is 13.3. The van der Waals surface area contributed by atoms with Crippen molar-refractivity contribution < 1.29 is 0 Å². The van der Waals surface area contributed by atoms with Crippen molar-refractivity contribution in [3.8, 4) is 5.00 Å². The zero-order valence-electron chi connectivity index (χ0n) is 19.1. The fourth-order valence-corrected chi connectivity index (χ4v) is 5.29. The smallest absolute Gasteiger partial charge is 0.278 e. The monoisotopic (exact) mass is 461 g/mol. The Balaban J connectivity index is 1.44. The first kappa shape index (κ1) is 20.6. The highest BCUT2D eigenvalue weighted by atomic mass is 32.1. The minimum absolute atomic E-state index is 0.0361. The Kier molecular flexibility index (Phi) is 4.67. The van der Waals surface area contributed by atoms with Crippen molar-refractivity contribution in [1.29, 1.82) is 0 Å². The van der Waals surface area contributed by atoms with E-state index in [9.17, 15) is 4.79 Å². The molecule has 0 atom stereocenters. The summed E-state index contributed by atoms with van der Waals surface area (Å²) in [6.45, 7) is 8.35. The number of benzene rings is 1. The fraction of sp³-hybridized carbons (Fsp3) is 0.417. The van der Waals surface area contributed by atoms with Crippen LogP contribution in [0.3, 0.4) is 0 Å². The van der Waals surface area contributed by atoms with Gasteiger partial charge in [-0.2, -0.15) is 4.98 Å². The van der Waals surface area contributed by atoms with E-state index in [0.717, 1.165) is 48.0 Å². The van der Waals surface area contributed by atoms with Gasteiger partial charge in [0.15, 0.2) is 5.65 Å². The van der Waals surface area contributed by atoms with Crippen molar-refractivity contribution >= 4 is 34.0 Å². The average Bonchev–Trinajstić information content (AvgIpc) is 3.42. The lowest BCUT2D eigenvalue weighted by atomic mass is 9.98. The Morgan fingerprint density at radius 3 is 2.76 bits per heavy atom. The van der Waals surface area contributed by atoms with Crippen LogP contribution in [0.15, 0.2) is 35.4 Å². The molecule has 1 saturated carbocycles. The molecule has 9 heteroatoms. The lowest BCUT2D eigenvalue weighted by Crippen LogP contribution is -2.23. The molecule has 4 aromatic rings. The molecule has 0 bridgehead atoms. The molecule has 1 aliphatic carbocycles. The van der Waals surface area contributed by atoms with Crippen LogP contribution in [0.25, 0.3) is 16.0 Å². The van der Waals surface area contributed by atoms with E-state index >= 15 is 0 Å². The summed E-state index contributed by atoms with van der Waals surface area (Å²) in [4.78, 5) is 27.2. The molecule has 33 heavy (non-hydrogen) atoms. The first-order valence-corrected chi connectivity index (χ1v) is 12.3. The van der Waals surface area contributed by atoms with Gasteiger partial charge in [-0.25, -0.2) is 19.3 Å². The third-order valence-corrected chi connectivity index (χ3v) is 7.61. The number of fused-ring (bicyclic) bond motifs is 2. The van der Waals surface area contributed by atoms with E-state index in [2.05, 4.69) is 59.6 Å². The van der Waals surface area contributed by atoms with Crippen LogP contribution in [0.2, 0.25) is 0 Å². The number of hydrogen-bond acceptors (Lipinski definition) is 7. The summed E-state index contributed by atoms with van der Waals surface area (Å²) in [6, 6.07) is 6.58. The zero-order valence-corrected chi connectivity index (χ0v) is 19.9. The van der Waals surface area contributed by atoms with Gasteiger partial charge in [-0.15, -0.1) is 0 Å². The maximum absolute atomic E-state index is 13.3. The van der Waals surface area contributed by atoms with Crippen LogP contribution in [-0.2, 0) is 18.4 Å². The molecule has 8 nitrogen and oxygen atoms in total. The molecule has 0 spiro atoms. The van der Waals surface area contributed by atoms with Crippen molar-refractivity contribution in [2.24, 2.45) is 0 Å². The molecule has 3 aromatic heterocycles. The van der Waals surface area contributed by atoms with Crippen LogP contribution >= 0.6 is 11.3 Å². The molecule has 1 fully saturated rings. The predicted molar refractivity (Wildman–Crippen MR) is 131 cm³/mol. The molecular weight excluding hydrogens is 434 g/mol. The standard InChI is InChI=1S/C24H27N7OS/c1-24(2,3)22-26-13-19(33-22)31-20-18(21(32)30(31)17-6-7-17)12-27-23(29-20)28-16-5-4-15-11-25-9-8-14(15)10-16/h4-5,10,12-13,17,25H,6-9,11H2,1-3H3,(H,27,28,29). The highest BCUT2D eigenvalue weighted by molar-refractivity contribution is 7.14. The topological polar surface area (TPSA) is 89.7 Å². The number of thiazole rings is 1. The van der Waals surface area contributed by atoms with Gasteiger partial charge in [0, 0.05) is 23.8 Å². The van der Waals surface area contributed by atoms with Crippen LogP contribution in [0.1, 0.15) is 55.8 Å². The third kappa shape index (κ3) is 3.65. The average molecular weight is 462 g/mol. The van der Waals surface area contributed by atoms with Crippen molar-refractivity contribution in [2.45, 2.75) is 58.0 Å². The summed E-state index contributed by atoms with van der Waals surface area (Å²) < 4.78 is 3.79. The Bertz CT molecular complexity index is 1420. The first-order chi connectivity index (χ1) is 15.9. The summed E-state index contributed by atoms with van der Waals surface area (Å²) in [7, 11) is 0. The van der Waals surface area contributed by atoms with Crippen molar-refractivity contribution in [3.05, 3.63) is 57.1 Å². The highest BCUT2D eigenvalue weighted by Gasteiger charge is 2.32. The van der Waals surface area contributed by atoms with Gasteiger partial charge in [-0.3, -0.25) is 4.79 Å². The minimum atomic E-state index is -0.0553. The van der Waals surface area contributed by atoms with E-state index in [1.807, 2.05) is 15.6 Å². The van der Waals surface area contributed by atoms with Gasteiger partial charge in [-0.1, -0.05) is 38.2 Å². The normalized spacial score (nSPS) is 16.2. The Morgan fingerprint density at radius 2 is 2.00 bits per heavy atom. The Hall–Kier alpha value is -3.04. The van der Waals surface area contributed by atoms with Crippen molar-refractivity contribution in [1.82, 2.24) is 29.6 Å². The lowest BCUT2D eigenvalue weighted by molar-refractivity contribution is 0.564. The number of aromatic nitrogens is 5. The highest BCUT2D eigenvalue weighted by Crippen LogP contribution is 2.37. The lowest BCUT2D eigenvalue weighted by Gasteiger charge is -2.18. The molecule has 0 saturated heterocycles. The van der Waals surface area contributed by atoms with Gasteiger partial charge in [0.1, 0.15) is 15.4 Å². The van der Waals surface area contributed by atoms with Crippen LogP contribution in [0, 0.1) is 0 Å². The number of anilines is 2. The molecular formula is C24H27N7OS. The zero-order chi connectivity index (χ0) is 22.7. The van der Waals surface area contributed by atoms with E-state index in [1.165, 1.54) is 11.1 Å². The van der Waals surface area contributed by atoms with Gasteiger partial charge >= 0.3 is 0 Å². The number of nitrogens with zero attached hydrogens (tertiary/aromatic N) is 5. The van der Waals surface area contributed by atoms with Crippen LogP contribution < -0.4 is 16.2 Å². The van der Waals surface area contributed by atoms with E-state index in [1.54, 1.807) is 17.5 Å². The van der Waals surface area contributed by atoms with E-state index in [0.29, 0.717) is 17.0 Å². The second kappa shape index (κ2) is 7.50. The second-order valence-electron chi connectivity index (χ2n) is 9.91. The van der Waals surface area contributed by atoms with Gasteiger partial charge in [-0.05, 0) is 49.1 Å². The largest absolute Gasteiger partial charge is 0.324 e. The van der Waals surface area contributed by atoms with Gasteiger partial charge in [0.25, 0.3) is 5.56 Å². The van der Waals surface area contributed by atoms with Gasteiger partial charge in [0.05, 0.1) is 12.2 Å². The summed E-state index contributed by atoms with van der Waals surface area (Å²) in [5, 5.41) is 9.23. The van der Waals surface area contributed by atoms with E-state index in [-0.39, 0.29) is 17.0 Å². The van der Waals surface area contributed by atoms with Crippen molar-refractivity contribution in [2.75, 3.05) is 11.9 Å². The van der Waals surface area contributed by atoms with Gasteiger partial charge in [0.2, 0.25) is 5.95 Å². The van der Waals surface area contributed by atoms with E-state index < -0.39 is 0 Å². The fourth-order valence-electron chi connectivity index (χ4n) is 4.31. The number of nitrogens with one attached hydrogen (secondary N) is 2. The number of hydrogen-bond donors (Lipinski definition) is 2. The van der Waals surface area contributed by atoms with Crippen molar-refractivity contribution in [3.63, 3.8) is 0 Å². The quantitative estimate of drug-likeness (QED) is 0.476. The second-order valence-corrected chi connectivity index (χ2v) is 10.9. The number of rotatable bonds is 4. The molecule has 0 unspecified atom stereocenters.